The highest BCUT2D eigenvalue weighted by Crippen LogP contribution is 2.23. The van der Waals surface area contributed by atoms with Crippen LogP contribution in [0.15, 0.2) is 22.7 Å². The van der Waals surface area contributed by atoms with Crippen LogP contribution in [-0.4, -0.2) is 35.4 Å². The zero-order valence-corrected chi connectivity index (χ0v) is 13.4. The molecule has 0 aliphatic carbocycles. The maximum atomic E-state index is 12.4. The van der Waals surface area contributed by atoms with Crippen molar-refractivity contribution in [1.82, 2.24) is 4.90 Å². The average Bonchev–Trinajstić information content (AvgIpc) is 2.24. The molecule has 0 unspecified atom stereocenters. The number of nitrogens with zero attached hydrogens (tertiary/aromatic N) is 1. The lowest BCUT2D eigenvalue weighted by atomic mass is 10.2. The van der Waals surface area contributed by atoms with E-state index >= 15 is 0 Å². The first-order chi connectivity index (χ1) is 8.73. The van der Waals surface area contributed by atoms with Crippen molar-refractivity contribution in [3.8, 4) is 0 Å². The molecule has 0 saturated carbocycles. The van der Waals surface area contributed by atoms with Crippen LogP contribution < -0.4 is 0 Å². The number of amides is 1. The van der Waals surface area contributed by atoms with Gasteiger partial charge in [0, 0.05) is 26.9 Å². The summed E-state index contributed by atoms with van der Waals surface area (Å²) in [5.41, 5.74) is 0.115. The van der Waals surface area contributed by atoms with Gasteiger partial charge in [0.05, 0.1) is 0 Å². The Hall–Kier alpha value is -0.270. The van der Waals surface area contributed by atoms with Crippen LogP contribution in [-0.2, 0) is 0 Å². The van der Waals surface area contributed by atoms with Gasteiger partial charge in [-0.3, -0.25) is 4.79 Å². The molecule has 1 aromatic rings. The van der Waals surface area contributed by atoms with E-state index in [2.05, 4.69) is 31.9 Å². The van der Waals surface area contributed by atoms with Crippen molar-refractivity contribution >= 4 is 49.4 Å². The molecule has 0 saturated heterocycles. The molecule has 106 valence electrons. The molecule has 0 N–H and O–H groups in total. The van der Waals surface area contributed by atoms with Crippen LogP contribution in [0, 0.1) is 0 Å². The van der Waals surface area contributed by atoms with Crippen LogP contribution >= 0.6 is 43.5 Å². The molecule has 0 aromatic heterocycles. The highest BCUT2D eigenvalue weighted by Gasteiger charge is 2.33. The van der Waals surface area contributed by atoms with E-state index in [0.29, 0.717) is 4.47 Å². The molecule has 0 atom stereocenters. The molecule has 0 heterocycles. The van der Waals surface area contributed by atoms with E-state index in [1.54, 1.807) is 6.07 Å². The first-order valence-electron chi connectivity index (χ1n) is 5.11. The zero-order chi connectivity index (χ0) is 14.6. The van der Waals surface area contributed by atoms with Crippen molar-refractivity contribution in [2.24, 2.45) is 0 Å². The second-order valence-electron chi connectivity index (χ2n) is 3.69. The molecular formula is C11H9Br2ClF3NO. The van der Waals surface area contributed by atoms with Gasteiger partial charge in [0.25, 0.3) is 5.91 Å². The number of hydrogen-bond donors (Lipinski definition) is 0. The normalized spacial score (nSPS) is 11.5. The lowest BCUT2D eigenvalue weighted by molar-refractivity contribution is -0.140. The summed E-state index contributed by atoms with van der Waals surface area (Å²) < 4.78 is 37.8. The first-order valence-corrected chi connectivity index (χ1v) is 7.40. The van der Waals surface area contributed by atoms with Crippen molar-refractivity contribution in [3.63, 3.8) is 0 Å². The van der Waals surface area contributed by atoms with Crippen molar-refractivity contribution in [2.45, 2.75) is 6.18 Å². The first kappa shape index (κ1) is 16.8. The van der Waals surface area contributed by atoms with Gasteiger partial charge in [-0.1, -0.05) is 43.5 Å². The average molecular weight is 423 g/mol. The van der Waals surface area contributed by atoms with Gasteiger partial charge in [-0.05, 0) is 18.2 Å². The Balaban J connectivity index is 2.98. The van der Waals surface area contributed by atoms with Gasteiger partial charge < -0.3 is 4.90 Å². The van der Waals surface area contributed by atoms with Gasteiger partial charge in [0.15, 0.2) is 0 Å². The van der Waals surface area contributed by atoms with E-state index < -0.39 is 18.6 Å². The minimum absolute atomic E-state index is 0.0392. The van der Waals surface area contributed by atoms with Gasteiger partial charge >= 0.3 is 6.18 Å². The predicted octanol–water partition coefficient (Wildman–Crippen LogP) is 4.50. The molecule has 1 aromatic carbocycles. The minimum atomic E-state index is -4.44. The van der Waals surface area contributed by atoms with Crippen LogP contribution in [0.5, 0.6) is 0 Å². The standard InChI is InChI=1S/C11H9Br2ClF3NO/c12-1-2-18(6-11(15,16)17)10(19)7-3-8(13)5-9(14)4-7/h3-5H,1-2,6H2. The van der Waals surface area contributed by atoms with E-state index in [1.165, 1.54) is 12.1 Å². The quantitative estimate of drug-likeness (QED) is 0.653. The summed E-state index contributed by atoms with van der Waals surface area (Å²) in [6.45, 7) is -1.33. The fourth-order valence-corrected chi connectivity index (χ4v) is 2.72. The largest absolute Gasteiger partial charge is 0.406 e. The Bertz CT molecular complexity index is 447. The van der Waals surface area contributed by atoms with Crippen molar-refractivity contribution in [3.05, 3.63) is 33.3 Å². The maximum Gasteiger partial charge on any atom is 0.406 e. The summed E-state index contributed by atoms with van der Waals surface area (Å²) in [6, 6.07) is 4.33. The van der Waals surface area contributed by atoms with Crippen LogP contribution in [0.3, 0.4) is 0 Å². The van der Waals surface area contributed by atoms with Crippen LogP contribution in [0.2, 0.25) is 5.02 Å². The van der Waals surface area contributed by atoms with E-state index in [1.807, 2.05) is 0 Å². The number of rotatable bonds is 4. The lowest BCUT2D eigenvalue weighted by Gasteiger charge is -2.23. The third-order valence-electron chi connectivity index (χ3n) is 2.12. The molecule has 1 amide bonds. The molecule has 0 fully saturated rings. The summed E-state index contributed by atoms with van der Waals surface area (Å²) in [4.78, 5) is 12.8. The maximum absolute atomic E-state index is 12.4. The Morgan fingerprint density at radius 2 is 1.95 bits per heavy atom. The smallest absolute Gasteiger partial charge is 0.329 e. The van der Waals surface area contributed by atoms with Crippen molar-refractivity contribution in [2.75, 3.05) is 18.4 Å². The predicted molar refractivity (Wildman–Crippen MR) is 74.9 cm³/mol. The number of carbonyl (C=O) groups is 1. The minimum Gasteiger partial charge on any atom is -0.329 e. The summed E-state index contributed by atoms with van der Waals surface area (Å²) >= 11 is 12.0. The highest BCUT2D eigenvalue weighted by atomic mass is 79.9. The number of benzene rings is 1. The molecule has 2 nitrogen and oxygen atoms in total. The molecule has 0 spiro atoms. The van der Waals surface area contributed by atoms with Gasteiger partial charge in [-0.15, -0.1) is 0 Å². The Morgan fingerprint density at radius 1 is 1.32 bits per heavy atom. The topological polar surface area (TPSA) is 20.3 Å². The number of hydrogen-bond acceptors (Lipinski definition) is 1. The summed E-state index contributed by atoms with van der Waals surface area (Å²) in [7, 11) is 0. The fraction of sp³-hybridized carbons (Fsp3) is 0.364. The SMILES string of the molecule is O=C(c1cc(Cl)cc(Br)c1)N(CCBr)CC(F)(F)F. The Morgan fingerprint density at radius 3 is 2.42 bits per heavy atom. The third-order valence-corrected chi connectivity index (χ3v) is 3.15. The van der Waals surface area contributed by atoms with Gasteiger partial charge in [-0.25, -0.2) is 0 Å². The van der Waals surface area contributed by atoms with Gasteiger partial charge in [-0.2, -0.15) is 13.2 Å². The van der Waals surface area contributed by atoms with Crippen LogP contribution in [0.4, 0.5) is 13.2 Å². The van der Waals surface area contributed by atoms with Crippen LogP contribution in [0.1, 0.15) is 10.4 Å². The Labute approximate surface area is 130 Å². The number of alkyl halides is 4. The van der Waals surface area contributed by atoms with E-state index in [9.17, 15) is 18.0 Å². The Kier molecular flexibility index (Phi) is 6.14. The van der Waals surface area contributed by atoms with E-state index in [0.717, 1.165) is 4.90 Å². The highest BCUT2D eigenvalue weighted by molar-refractivity contribution is 9.10. The van der Waals surface area contributed by atoms with E-state index in [-0.39, 0.29) is 22.5 Å². The molecule has 0 radical (unpaired) electrons. The van der Waals surface area contributed by atoms with E-state index in [4.69, 9.17) is 11.6 Å². The summed E-state index contributed by atoms with van der Waals surface area (Å²) in [5.74, 6) is -0.708. The number of halogens is 6. The zero-order valence-electron chi connectivity index (χ0n) is 9.48. The van der Waals surface area contributed by atoms with Gasteiger partial charge in [0.1, 0.15) is 6.54 Å². The van der Waals surface area contributed by atoms with Crippen molar-refractivity contribution < 1.29 is 18.0 Å². The molecule has 1 rings (SSSR count). The molecule has 0 bridgehead atoms. The summed E-state index contributed by atoms with van der Waals surface area (Å²) in [6.07, 6.45) is -4.44. The molecular weight excluding hydrogens is 414 g/mol. The molecule has 0 aliphatic heterocycles. The fourth-order valence-electron chi connectivity index (χ4n) is 1.43. The number of carbonyl (C=O) groups excluding carboxylic acids is 1. The van der Waals surface area contributed by atoms with Gasteiger partial charge in [0.2, 0.25) is 0 Å². The van der Waals surface area contributed by atoms with Crippen molar-refractivity contribution in [1.29, 1.82) is 0 Å². The second kappa shape index (κ2) is 6.95. The monoisotopic (exact) mass is 421 g/mol. The summed E-state index contributed by atoms with van der Waals surface area (Å²) in [5, 5.41) is 0.542. The molecule has 8 heteroatoms. The lowest BCUT2D eigenvalue weighted by Crippen LogP contribution is -2.40. The molecule has 0 aliphatic rings. The second-order valence-corrected chi connectivity index (χ2v) is 5.83. The molecule has 19 heavy (non-hydrogen) atoms. The van der Waals surface area contributed by atoms with Crippen LogP contribution in [0.25, 0.3) is 0 Å². The third kappa shape index (κ3) is 5.71.